The smallest absolute Gasteiger partial charge is 0.341 e. The van der Waals surface area contributed by atoms with Crippen LogP contribution in [0.5, 0.6) is 0 Å². The number of nitrogens with zero attached hydrogens (tertiary/aromatic N) is 2. The molecule has 0 radical (unpaired) electrons. The van der Waals surface area contributed by atoms with Crippen LogP contribution in [0.4, 0.5) is 4.39 Å². The monoisotopic (exact) mass is 438 g/mol. The summed E-state index contributed by atoms with van der Waals surface area (Å²) in [4.78, 5) is 16.5. The number of halogens is 1. The van der Waals surface area contributed by atoms with Crippen molar-refractivity contribution in [1.82, 2.24) is 10.1 Å². The highest BCUT2D eigenvalue weighted by atomic mass is 19.1. The van der Waals surface area contributed by atoms with Gasteiger partial charge in [-0.2, -0.15) is 4.98 Å². The minimum atomic E-state index is -0.731. The highest BCUT2D eigenvalue weighted by molar-refractivity contribution is 5.90. The van der Waals surface area contributed by atoms with E-state index >= 15 is 0 Å². The summed E-state index contributed by atoms with van der Waals surface area (Å²) in [6, 6.07) is 9.92. The number of carbonyl (C=O) groups is 1. The molecule has 2 aromatic carbocycles. The molecule has 6 nitrogen and oxygen atoms in total. The minimum absolute atomic E-state index is 0.119. The molecule has 32 heavy (non-hydrogen) atoms. The lowest BCUT2D eigenvalue weighted by molar-refractivity contribution is 0.00647. The van der Waals surface area contributed by atoms with Gasteiger partial charge in [0, 0.05) is 10.9 Å². The van der Waals surface area contributed by atoms with E-state index in [1.807, 2.05) is 45.9 Å². The number of ether oxygens (including phenoxy) is 1. The van der Waals surface area contributed by atoms with Crippen LogP contribution in [-0.2, 0) is 4.74 Å². The van der Waals surface area contributed by atoms with Gasteiger partial charge in [0.05, 0.1) is 5.56 Å². The van der Waals surface area contributed by atoms with Crippen LogP contribution in [0.1, 0.15) is 56.1 Å². The van der Waals surface area contributed by atoms with E-state index in [9.17, 15) is 9.18 Å². The number of furan rings is 1. The van der Waals surface area contributed by atoms with Crippen molar-refractivity contribution >= 4 is 16.9 Å². The van der Waals surface area contributed by atoms with Crippen LogP contribution in [0, 0.1) is 19.7 Å². The number of fused-ring (bicyclic) bond motifs is 1. The van der Waals surface area contributed by atoms with Crippen LogP contribution in [0.3, 0.4) is 0 Å². The number of aryl methyl sites for hydroxylation is 2. The summed E-state index contributed by atoms with van der Waals surface area (Å²) in [5.41, 5.74) is 2.33. The summed E-state index contributed by atoms with van der Waals surface area (Å²) in [6.07, 6.45) is 0. The van der Waals surface area contributed by atoms with Crippen LogP contribution < -0.4 is 0 Å². The topological polar surface area (TPSA) is 78.4 Å². The number of carbonyl (C=O) groups excluding carboxylic acids is 1. The lowest BCUT2D eigenvalue weighted by atomic mass is 10.1. The Bertz CT molecular complexity index is 1230. The van der Waals surface area contributed by atoms with Crippen molar-refractivity contribution in [1.29, 1.82) is 0 Å². The lowest BCUT2D eigenvalue weighted by Crippen LogP contribution is -2.24. The Kier molecular flexibility index (Phi) is 6.48. The highest BCUT2D eigenvalue weighted by Crippen LogP contribution is 2.31. The van der Waals surface area contributed by atoms with Gasteiger partial charge in [-0.1, -0.05) is 31.1 Å². The van der Waals surface area contributed by atoms with E-state index in [4.69, 9.17) is 13.7 Å². The van der Waals surface area contributed by atoms with Crippen LogP contribution in [0.2, 0.25) is 0 Å². The van der Waals surface area contributed by atoms with E-state index in [0.717, 1.165) is 22.1 Å². The number of esters is 1. The molecule has 0 atom stereocenters. The maximum absolute atomic E-state index is 14.5. The van der Waals surface area contributed by atoms with Gasteiger partial charge in [-0.3, -0.25) is 0 Å². The van der Waals surface area contributed by atoms with Crippen LogP contribution >= 0.6 is 0 Å². The molecule has 0 bridgehead atoms. The molecule has 0 N–H and O–H groups in total. The molecule has 0 aliphatic rings. The zero-order valence-corrected chi connectivity index (χ0v) is 19.4. The average Bonchev–Trinajstić information content (AvgIpc) is 3.39. The van der Waals surface area contributed by atoms with Crippen molar-refractivity contribution in [3.05, 3.63) is 58.9 Å². The zero-order chi connectivity index (χ0) is 23.6. The molecule has 0 saturated carbocycles. The predicted molar refractivity (Wildman–Crippen MR) is 121 cm³/mol. The Hall–Kier alpha value is -3.48. The predicted octanol–water partition coefficient (Wildman–Crippen LogP) is 6.89. The molecule has 2 aromatic heterocycles. The summed E-state index contributed by atoms with van der Waals surface area (Å²) in [5.74, 6) is -0.615. The van der Waals surface area contributed by atoms with Gasteiger partial charge in [0.2, 0.25) is 5.82 Å². The fourth-order valence-corrected chi connectivity index (χ4v) is 3.09. The molecule has 7 heteroatoms. The van der Waals surface area contributed by atoms with Crippen molar-refractivity contribution in [2.24, 2.45) is 0 Å². The van der Waals surface area contributed by atoms with E-state index < -0.39 is 17.4 Å². The summed E-state index contributed by atoms with van der Waals surface area (Å²) in [5, 5.41) is 4.94. The van der Waals surface area contributed by atoms with Gasteiger partial charge in [0.1, 0.15) is 17.0 Å². The molecular formula is C25H27FN2O4. The molecule has 4 aromatic rings. The van der Waals surface area contributed by atoms with E-state index in [0.29, 0.717) is 11.3 Å². The molecule has 0 spiro atoms. The Balaban J connectivity index is 0.00000141. The van der Waals surface area contributed by atoms with Crippen molar-refractivity contribution in [3.63, 3.8) is 0 Å². The molecule has 2 heterocycles. The van der Waals surface area contributed by atoms with Crippen LogP contribution in [-0.4, -0.2) is 21.7 Å². The third-order valence-electron chi connectivity index (χ3n) is 4.58. The summed E-state index contributed by atoms with van der Waals surface area (Å²) >= 11 is 0. The second-order valence-electron chi connectivity index (χ2n) is 8.17. The van der Waals surface area contributed by atoms with Crippen molar-refractivity contribution in [2.45, 2.75) is 54.1 Å². The first-order chi connectivity index (χ1) is 15.1. The molecule has 0 fully saturated rings. The van der Waals surface area contributed by atoms with Gasteiger partial charge in [-0.25, -0.2) is 9.18 Å². The number of hydrogen-bond acceptors (Lipinski definition) is 6. The van der Waals surface area contributed by atoms with Crippen molar-refractivity contribution in [3.8, 4) is 23.0 Å². The maximum atomic E-state index is 14.5. The van der Waals surface area contributed by atoms with Gasteiger partial charge in [-0.15, -0.1) is 0 Å². The molecular weight excluding hydrogens is 411 g/mol. The number of rotatable bonds is 3. The SMILES string of the molecule is CC.Cc1ccc(C)c2oc(-c3noc(-c4ccc(C(=O)OC(C)(C)C)c(F)c4)n3)cc12. The van der Waals surface area contributed by atoms with Gasteiger partial charge < -0.3 is 13.7 Å². The van der Waals surface area contributed by atoms with Gasteiger partial charge in [-0.05, 0) is 70.0 Å². The van der Waals surface area contributed by atoms with Crippen molar-refractivity contribution < 1.29 is 22.9 Å². The Morgan fingerprint density at radius 1 is 1.03 bits per heavy atom. The average molecular weight is 438 g/mol. The van der Waals surface area contributed by atoms with Gasteiger partial charge >= 0.3 is 5.97 Å². The molecule has 0 unspecified atom stereocenters. The second kappa shape index (κ2) is 8.94. The number of benzene rings is 2. The summed E-state index contributed by atoms with van der Waals surface area (Å²) in [7, 11) is 0. The van der Waals surface area contributed by atoms with Gasteiger partial charge in [0.15, 0.2) is 5.76 Å². The molecule has 4 rings (SSSR count). The number of hydrogen-bond donors (Lipinski definition) is 0. The van der Waals surface area contributed by atoms with E-state index in [1.165, 1.54) is 18.2 Å². The van der Waals surface area contributed by atoms with Crippen molar-refractivity contribution in [2.75, 3.05) is 0 Å². The molecule has 168 valence electrons. The van der Waals surface area contributed by atoms with E-state index in [1.54, 1.807) is 20.8 Å². The fraction of sp³-hybridized carbons (Fsp3) is 0.320. The first-order valence-electron chi connectivity index (χ1n) is 10.5. The first kappa shape index (κ1) is 23.2. The standard InChI is InChI=1S/C23H21FN2O4.C2H6/c1-12-6-7-13(2)19-16(12)11-18(28-19)20-25-21(30-26-20)14-8-9-15(17(24)10-14)22(27)29-23(3,4)5;1-2/h6-11H,1-5H3;1-2H3. The Morgan fingerprint density at radius 3 is 2.34 bits per heavy atom. The maximum Gasteiger partial charge on any atom is 0.341 e. The Morgan fingerprint density at radius 2 is 1.72 bits per heavy atom. The molecule has 0 saturated heterocycles. The zero-order valence-electron chi connectivity index (χ0n) is 19.4. The minimum Gasteiger partial charge on any atom is -0.456 e. The third kappa shape index (κ3) is 4.72. The fourth-order valence-electron chi connectivity index (χ4n) is 3.09. The Labute approximate surface area is 186 Å². The quantitative estimate of drug-likeness (QED) is 0.324. The third-order valence-corrected chi connectivity index (χ3v) is 4.58. The number of aromatic nitrogens is 2. The first-order valence-corrected chi connectivity index (χ1v) is 10.5. The summed E-state index contributed by atoms with van der Waals surface area (Å²) < 4.78 is 30.9. The largest absolute Gasteiger partial charge is 0.456 e. The summed E-state index contributed by atoms with van der Waals surface area (Å²) in [6.45, 7) is 13.1. The molecule has 0 aliphatic heterocycles. The second-order valence-corrected chi connectivity index (χ2v) is 8.17. The van der Waals surface area contributed by atoms with Crippen LogP contribution in [0.25, 0.3) is 34.0 Å². The normalized spacial score (nSPS) is 11.2. The van der Waals surface area contributed by atoms with E-state index in [-0.39, 0.29) is 17.3 Å². The molecule has 0 amide bonds. The highest BCUT2D eigenvalue weighted by Gasteiger charge is 2.22. The van der Waals surface area contributed by atoms with Crippen LogP contribution in [0.15, 0.2) is 45.3 Å². The lowest BCUT2D eigenvalue weighted by Gasteiger charge is -2.19. The van der Waals surface area contributed by atoms with Gasteiger partial charge in [0.25, 0.3) is 5.89 Å². The molecule has 0 aliphatic carbocycles. The van der Waals surface area contributed by atoms with E-state index in [2.05, 4.69) is 10.1 Å².